The van der Waals surface area contributed by atoms with Crippen LogP contribution in [0.5, 0.6) is 0 Å². The molecule has 1 saturated carbocycles. The number of pyridine rings is 1. The highest BCUT2D eigenvalue weighted by atomic mass is 35.5. The third-order valence-electron chi connectivity index (χ3n) is 4.45. The van der Waals surface area contributed by atoms with Crippen molar-refractivity contribution in [2.75, 3.05) is 0 Å². The summed E-state index contributed by atoms with van der Waals surface area (Å²) in [5, 5.41) is 0. The number of halogens is 1. The molecular weight excluding hydrogens is 258 g/mol. The highest BCUT2D eigenvalue weighted by Gasteiger charge is 2.35. The van der Waals surface area contributed by atoms with E-state index >= 15 is 0 Å². The molecule has 0 radical (unpaired) electrons. The summed E-state index contributed by atoms with van der Waals surface area (Å²) in [5.41, 5.74) is 2.43. The van der Waals surface area contributed by atoms with Crippen molar-refractivity contribution in [1.29, 1.82) is 0 Å². The van der Waals surface area contributed by atoms with Crippen LogP contribution in [0.4, 0.5) is 0 Å². The minimum absolute atomic E-state index is 0.302. The molecule has 0 aliphatic heterocycles. The molecule has 19 heavy (non-hydrogen) atoms. The fraction of sp³-hybridized carbons (Fsp3) is 0.600. The van der Waals surface area contributed by atoms with Crippen molar-refractivity contribution in [3.63, 3.8) is 0 Å². The quantitative estimate of drug-likeness (QED) is 0.766. The molecule has 2 aromatic heterocycles. The van der Waals surface area contributed by atoms with Crippen LogP contribution in [0.2, 0.25) is 0 Å². The van der Waals surface area contributed by atoms with E-state index in [1.54, 1.807) is 0 Å². The fourth-order valence-corrected chi connectivity index (χ4v) is 3.59. The summed E-state index contributed by atoms with van der Waals surface area (Å²) >= 11 is 6.11. The van der Waals surface area contributed by atoms with Gasteiger partial charge in [0.25, 0.3) is 0 Å². The molecule has 0 amide bonds. The topological polar surface area (TPSA) is 30.7 Å². The Morgan fingerprint density at radius 3 is 3.00 bits per heavy atom. The first-order valence-corrected chi connectivity index (χ1v) is 7.54. The highest BCUT2D eigenvalue weighted by Crippen LogP contribution is 2.45. The van der Waals surface area contributed by atoms with Crippen molar-refractivity contribution in [2.45, 2.75) is 51.5 Å². The van der Waals surface area contributed by atoms with Crippen LogP contribution in [0.15, 0.2) is 18.5 Å². The number of imidazole rings is 1. The Labute approximate surface area is 119 Å². The van der Waals surface area contributed by atoms with Gasteiger partial charge < -0.3 is 4.57 Å². The molecule has 0 bridgehead atoms. The van der Waals surface area contributed by atoms with Crippen molar-refractivity contribution >= 4 is 22.6 Å². The number of alkyl halides is 1. The summed E-state index contributed by atoms with van der Waals surface area (Å²) in [6.07, 6.45) is 8.77. The van der Waals surface area contributed by atoms with Crippen LogP contribution >= 0.6 is 11.6 Å². The van der Waals surface area contributed by atoms with Gasteiger partial charge in [-0.3, -0.25) is 4.98 Å². The van der Waals surface area contributed by atoms with Crippen LogP contribution < -0.4 is 0 Å². The Morgan fingerprint density at radius 1 is 1.42 bits per heavy atom. The molecule has 1 unspecified atom stereocenters. The monoisotopic (exact) mass is 277 g/mol. The molecule has 1 aliphatic rings. The smallest absolute Gasteiger partial charge is 0.125 e. The Morgan fingerprint density at radius 2 is 2.26 bits per heavy atom. The van der Waals surface area contributed by atoms with Crippen molar-refractivity contribution in [2.24, 2.45) is 5.41 Å². The zero-order valence-corrected chi connectivity index (χ0v) is 12.3. The van der Waals surface area contributed by atoms with Gasteiger partial charge in [0.1, 0.15) is 11.3 Å². The van der Waals surface area contributed by atoms with Crippen LogP contribution in [-0.2, 0) is 5.88 Å². The van der Waals surface area contributed by atoms with Crippen molar-refractivity contribution in [3.05, 3.63) is 24.3 Å². The molecule has 0 N–H and O–H groups in total. The predicted octanol–water partition coefficient (Wildman–Crippen LogP) is 4.31. The first-order chi connectivity index (χ1) is 9.13. The normalized spacial score (nSPS) is 22.8. The summed E-state index contributed by atoms with van der Waals surface area (Å²) in [6.45, 7) is 4.73. The van der Waals surface area contributed by atoms with Gasteiger partial charge in [0, 0.05) is 12.2 Å². The van der Waals surface area contributed by atoms with Crippen molar-refractivity contribution < 1.29 is 0 Å². The van der Waals surface area contributed by atoms with Crippen molar-refractivity contribution in [1.82, 2.24) is 14.5 Å². The summed E-state index contributed by atoms with van der Waals surface area (Å²) in [5.74, 6) is 1.44. The molecule has 4 heteroatoms. The summed E-state index contributed by atoms with van der Waals surface area (Å²) in [6, 6.07) is 2.55. The van der Waals surface area contributed by atoms with Crippen LogP contribution in [0.3, 0.4) is 0 Å². The number of hydrogen-bond acceptors (Lipinski definition) is 2. The summed E-state index contributed by atoms with van der Waals surface area (Å²) in [7, 11) is 0. The number of hydrogen-bond donors (Lipinski definition) is 0. The maximum Gasteiger partial charge on any atom is 0.125 e. The molecule has 0 spiro atoms. The minimum Gasteiger partial charge on any atom is -0.323 e. The van der Waals surface area contributed by atoms with E-state index in [-0.39, 0.29) is 0 Å². The van der Waals surface area contributed by atoms with Gasteiger partial charge >= 0.3 is 0 Å². The van der Waals surface area contributed by atoms with E-state index in [0.717, 1.165) is 11.3 Å². The van der Waals surface area contributed by atoms with Gasteiger partial charge in [-0.1, -0.05) is 26.7 Å². The predicted molar refractivity (Wildman–Crippen MR) is 78.4 cm³/mol. The summed E-state index contributed by atoms with van der Waals surface area (Å²) < 4.78 is 2.36. The van der Waals surface area contributed by atoms with E-state index in [1.165, 1.54) is 31.2 Å². The molecule has 2 aromatic rings. The van der Waals surface area contributed by atoms with E-state index in [9.17, 15) is 0 Å². The van der Waals surface area contributed by atoms with E-state index in [1.807, 2.05) is 12.4 Å². The molecule has 3 nitrogen and oxygen atoms in total. The van der Waals surface area contributed by atoms with Crippen molar-refractivity contribution in [3.8, 4) is 0 Å². The zero-order chi connectivity index (χ0) is 13.5. The number of aromatic nitrogens is 3. The van der Waals surface area contributed by atoms with Crippen LogP contribution in [-0.4, -0.2) is 14.5 Å². The van der Waals surface area contributed by atoms with Gasteiger partial charge in [-0.2, -0.15) is 0 Å². The average molecular weight is 278 g/mol. The lowest BCUT2D eigenvalue weighted by atomic mass is 9.73. The third kappa shape index (κ3) is 2.14. The van der Waals surface area contributed by atoms with Gasteiger partial charge in [0.2, 0.25) is 0 Å². The van der Waals surface area contributed by atoms with Gasteiger partial charge in [0.15, 0.2) is 0 Å². The first kappa shape index (κ1) is 12.9. The fourth-order valence-electron chi connectivity index (χ4n) is 3.40. The SMILES string of the molecule is CC1(C)CCCCC1n1c(CCl)nc2cnccc21. The lowest BCUT2D eigenvalue weighted by Gasteiger charge is -2.40. The second-order valence-electron chi connectivity index (χ2n) is 6.15. The second-order valence-corrected chi connectivity index (χ2v) is 6.41. The van der Waals surface area contributed by atoms with Gasteiger partial charge in [0.05, 0.1) is 17.6 Å². The molecule has 1 aliphatic carbocycles. The largest absolute Gasteiger partial charge is 0.323 e. The van der Waals surface area contributed by atoms with Gasteiger partial charge in [-0.25, -0.2) is 4.98 Å². The highest BCUT2D eigenvalue weighted by molar-refractivity contribution is 6.16. The first-order valence-electron chi connectivity index (χ1n) is 7.00. The Balaban J connectivity index is 2.17. The van der Waals surface area contributed by atoms with Gasteiger partial charge in [-0.15, -0.1) is 11.6 Å². The van der Waals surface area contributed by atoms with Gasteiger partial charge in [-0.05, 0) is 24.3 Å². The zero-order valence-electron chi connectivity index (χ0n) is 11.6. The molecule has 102 valence electrons. The average Bonchev–Trinajstić information content (AvgIpc) is 2.76. The lowest BCUT2D eigenvalue weighted by molar-refractivity contribution is 0.145. The Hall–Kier alpha value is -1.09. The number of rotatable bonds is 2. The Bertz CT molecular complexity index is 588. The maximum atomic E-state index is 6.11. The summed E-state index contributed by atoms with van der Waals surface area (Å²) in [4.78, 5) is 8.80. The molecule has 1 atom stereocenters. The lowest BCUT2D eigenvalue weighted by Crippen LogP contribution is -2.31. The van der Waals surface area contributed by atoms with Crippen LogP contribution in [0, 0.1) is 5.41 Å². The molecular formula is C15H20ClN3. The molecule has 3 rings (SSSR count). The van der Waals surface area contributed by atoms with E-state index < -0.39 is 0 Å². The van der Waals surface area contributed by atoms with Crippen LogP contribution in [0.25, 0.3) is 11.0 Å². The van der Waals surface area contributed by atoms with Crippen LogP contribution in [0.1, 0.15) is 51.4 Å². The number of fused-ring (bicyclic) bond motifs is 1. The molecule has 0 aromatic carbocycles. The maximum absolute atomic E-state index is 6.11. The molecule has 0 saturated heterocycles. The molecule has 2 heterocycles. The standard InChI is InChI=1S/C15H20ClN3/c1-15(2)7-4-3-5-13(15)19-12-6-8-17-10-11(12)18-14(19)9-16/h6,8,10,13H,3-5,7,9H2,1-2H3. The number of nitrogens with zero attached hydrogens (tertiary/aromatic N) is 3. The van der Waals surface area contributed by atoms with E-state index in [2.05, 4.69) is 34.4 Å². The third-order valence-corrected chi connectivity index (χ3v) is 4.69. The van der Waals surface area contributed by atoms with E-state index in [0.29, 0.717) is 17.3 Å². The van der Waals surface area contributed by atoms with E-state index in [4.69, 9.17) is 11.6 Å². The second kappa shape index (κ2) is 4.78. The molecule has 1 fully saturated rings. The Kier molecular flexibility index (Phi) is 3.25. The minimum atomic E-state index is 0.302.